The number of benzene rings is 2. The summed E-state index contributed by atoms with van der Waals surface area (Å²) in [7, 11) is 1.32. The van der Waals surface area contributed by atoms with Gasteiger partial charge in [0, 0.05) is 24.6 Å². The zero-order valence-corrected chi connectivity index (χ0v) is 15.9. The molecule has 9 nitrogen and oxygen atoms in total. The van der Waals surface area contributed by atoms with Crippen LogP contribution in [0.4, 0.5) is 15.8 Å². The molecule has 3 rings (SSSR count). The summed E-state index contributed by atoms with van der Waals surface area (Å²) in [6.07, 6.45) is -0.135. The lowest BCUT2D eigenvalue weighted by atomic mass is 10.1. The summed E-state index contributed by atoms with van der Waals surface area (Å²) in [6, 6.07) is 8.62. The van der Waals surface area contributed by atoms with Crippen LogP contribution in [-0.4, -0.2) is 42.8 Å². The molecule has 156 valence electrons. The molecule has 10 heteroatoms. The molecule has 0 N–H and O–H groups in total. The second kappa shape index (κ2) is 8.68. The number of non-ortho nitro benzene ring substituents is 1. The van der Waals surface area contributed by atoms with E-state index in [2.05, 4.69) is 0 Å². The normalized spacial score (nSPS) is 15.7. The highest BCUT2D eigenvalue weighted by Crippen LogP contribution is 2.35. The van der Waals surface area contributed by atoms with Gasteiger partial charge in [0.2, 0.25) is 5.91 Å². The smallest absolute Gasteiger partial charge is 0.311 e. The second-order valence-electron chi connectivity index (χ2n) is 6.56. The van der Waals surface area contributed by atoms with Crippen molar-refractivity contribution in [1.82, 2.24) is 0 Å². The van der Waals surface area contributed by atoms with Gasteiger partial charge in [-0.1, -0.05) is 0 Å². The lowest BCUT2D eigenvalue weighted by Crippen LogP contribution is -2.27. The standard InChI is InChI=1S/C20H17FN2O7/c1-29-18-9-15(23(27)28)6-7-16(18)22-10-13(8-19(22)25)20(26)30-11-17(24)12-2-4-14(21)5-3-12/h2-7,9,13H,8,10-11H2,1H3/t13-/m1/s1. The molecule has 0 bridgehead atoms. The number of methoxy groups -OCH3 is 1. The maximum absolute atomic E-state index is 12.9. The number of rotatable bonds is 7. The van der Waals surface area contributed by atoms with E-state index >= 15 is 0 Å². The molecule has 0 radical (unpaired) electrons. The Morgan fingerprint density at radius 3 is 2.57 bits per heavy atom. The van der Waals surface area contributed by atoms with Crippen molar-refractivity contribution in [3.8, 4) is 5.75 Å². The van der Waals surface area contributed by atoms with Crippen LogP contribution in [0.1, 0.15) is 16.8 Å². The number of anilines is 1. The fraction of sp³-hybridized carbons (Fsp3) is 0.250. The molecule has 1 atom stereocenters. The first-order valence-corrected chi connectivity index (χ1v) is 8.88. The minimum atomic E-state index is -0.807. The third kappa shape index (κ3) is 4.43. The topological polar surface area (TPSA) is 116 Å². The Balaban J connectivity index is 1.65. The fourth-order valence-corrected chi connectivity index (χ4v) is 3.07. The van der Waals surface area contributed by atoms with Crippen molar-refractivity contribution in [2.24, 2.45) is 5.92 Å². The second-order valence-corrected chi connectivity index (χ2v) is 6.56. The molecule has 0 aliphatic carbocycles. The number of ketones is 1. The molecule has 1 aliphatic heterocycles. The molecule has 0 unspecified atom stereocenters. The Kier molecular flexibility index (Phi) is 6.05. The monoisotopic (exact) mass is 416 g/mol. The van der Waals surface area contributed by atoms with Crippen molar-refractivity contribution in [1.29, 1.82) is 0 Å². The van der Waals surface area contributed by atoms with Crippen molar-refractivity contribution in [2.75, 3.05) is 25.2 Å². The SMILES string of the molecule is COc1cc([N+](=O)[O-])ccc1N1C[C@H](C(=O)OCC(=O)c2ccc(F)cc2)CC1=O. The van der Waals surface area contributed by atoms with Crippen LogP contribution < -0.4 is 9.64 Å². The van der Waals surface area contributed by atoms with Crippen molar-refractivity contribution in [3.63, 3.8) is 0 Å². The number of amides is 1. The van der Waals surface area contributed by atoms with Crippen LogP contribution in [0, 0.1) is 21.8 Å². The molecule has 1 heterocycles. The van der Waals surface area contributed by atoms with Gasteiger partial charge in [0.15, 0.2) is 12.4 Å². The molecular weight excluding hydrogens is 399 g/mol. The average Bonchev–Trinajstić information content (AvgIpc) is 3.13. The third-order valence-electron chi connectivity index (χ3n) is 4.64. The van der Waals surface area contributed by atoms with Crippen molar-refractivity contribution in [2.45, 2.75) is 6.42 Å². The van der Waals surface area contributed by atoms with E-state index < -0.39 is 35.0 Å². The minimum absolute atomic E-state index is 0.0173. The summed E-state index contributed by atoms with van der Waals surface area (Å²) >= 11 is 0. The predicted molar refractivity (Wildman–Crippen MR) is 102 cm³/mol. The number of nitro groups is 1. The van der Waals surface area contributed by atoms with E-state index in [0.29, 0.717) is 5.69 Å². The van der Waals surface area contributed by atoms with E-state index in [1.54, 1.807) is 0 Å². The maximum Gasteiger partial charge on any atom is 0.311 e. The Morgan fingerprint density at radius 2 is 1.93 bits per heavy atom. The van der Waals surface area contributed by atoms with E-state index in [4.69, 9.17) is 9.47 Å². The summed E-state index contributed by atoms with van der Waals surface area (Å²) < 4.78 is 23.1. The van der Waals surface area contributed by atoms with Crippen LogP contribution in [0.15, 0.2) is 42.5 Å². The number of carbonyl (C=O) groups excluding carboxylic acids is 3. The quantitative estimate of drug-likeness (QED) is 0.295. The number of carbonyl (C=O) groups is 3. The Bertz CT molecular complexity index is 1010. The van der Waals surface area contributed by atoms with Gasteiger partial charge in [-0.15, -0.1) is 0 Å². The molecule has 30 heavy (non-hydrogen) atoms. The summed E-state index contributed by atoms with van der Waals surface area (Å²) in [5.41, 5.74) is 0.298. The van der Waals surface area contributed by atoms with Gasteiger partial charge in [-0.05, 0) is 30.3 Å². The fourth-order valence-electron chi connectivity index (χ4n) is 3.07. The van der Waals surface area contributed by atoms with Gasteiger partial charge in [0.25, 0.3) is 5.69 Å². The molecule has 0 saturated carbocycles. The largest absolute Gasteiger partial charge is 0.494 e. The lowest BCUT2D eigenvalue weighted by Gasteiger charge is -2.19. The molecule has 1 fully saturated rings. The third-order valence-corrected chi connectivity index (χ3v) is 4.64. The summed E-state index contributed by atoms with van der Waals surface area (Å²) in [5, 5.41) is 10.9. The number of ether oxygens (including phenoxy) is 2. The van der Waals surface area contributed by atoms with Crippen LogP contribution in [-0.2, 0) is 14.3 Å². The van der Waals surface area contributed by atoms with Crippen LogP contribution in [0.2, 0.25) is 0 Å². The summed E-state index contributed by atoms with van der Waals surface area (Å²) in [5.74, 6) is -2.77. The predicted octanol–water partition coefficient (Wildman–Crippen LogP) is 2.52. The number of hydrogen-bond acceptors (Lipinski definition) is 7. The molecule has 1 saturated heterocycles. The van der Waals surface area contributed by atoms with E-state index in [9.17, 15) is 28.9 Å². The molecule has 0 spiro atoms. The molecule has 2 aromatic carbocycles. The highest BCUT2D eigenvalue weighted by atomic mass is 19.1. The van der Waals surface area contributed by atoms with Gasteiger partial charge >= 0.3 is 5.97 Å². The van der Waals surface area contributed by atoms with Crippen molar-refractivity contribution < 1.29 is 33.2 Å². The Labute approximate surface area is 170 Å². The Hall–Kier alpha value is -3.82. The number of nitro benzene ring substituents is 1. The minimum Gasteiger partial charge on any atom is -0.494 e. The van der Waals surface area contributed by atoms with Crippen molar-refractivity contribution in [3.05, 3.63) is 64.0 Å². The molecular formula is C20H17FN2O7. The number of nitrogens with zero attached hydrogens (tertiary/aromatic N) is 2. The van der Waals surface area contributed by atoms with Crippen molar-refractivity contribution >= 4 is 29.0 Å². The lowest BCUT2D eigenvalue weighted by molar-refractivity contribution is -0.384. The molecule has 0 aromatic heterocycles. The molecule has 2 aromatic rings. The highest BCUT2D eigenvalue weighted by Gasteiger charge is 2.37. The first kappa shape index (κ1) is 20.9. The van der Waals surface area contributed by atoms with E-state index in [0.717, 1.165) is 12.1 Å². The van der Waals surface area contributed by atoms with E-state index in [-0.39, 0.29) is 35.9 Å². The van der Waals surface area contributed by atoms with Gasteiger partial charge < -0.3 is 14.4 Å². The van der Waals surface area contributed by atoms with Gasteiger partial charge in [-0.25, -0.2) is 4.39 Å². The first-order valence-electron chi connectivity index (χ1n) is 8.88. The average molecular weight is 416 g/mol. The number of esters is 1. The van der Waals surface area contributed by atoms with Gasteiger partial charge in [0.1, 0.15) is 11.6 Å². The van der Waals surface area contributed by atoms with Gasteiger partial charge in [-0.2, -0.15) is 0 Å². The maximum atomic E-state index is 12.9. The van der Waals surface area contributed by atoms with Gasteiger partial charge in [-0.3, -0.25) is 24.5 Å². The number of hydrogen-bond donors (Lipinski definition) is 0. The van der Waals surface area contributed by atoms with E-state index in [1.807, 2.05) is 0 Å². The van der Waals surface area contributed by atoms with Crippen LogP contribution in [0.5, 0.6) is 5.75 Å². The van der Waals surface area contributed by atoms with Crippen LogP contribution in [0.25, 0.3) is 0 Å². The van der Waals surface area contributed by atoms with Crippen LogP contribution in [0.3, 0.4) is 0 Å². The highest BCUT2D eigenvalue weighted by molar-refractivity contribution is 6.01. The zero-order chi connectivity index (χ0) is 21.8. The van der Waals surface area contributed by atoms with Crippen LogP contribution >= 0.6 is 0 Å². The Morgan fingerprint density at radius 1 is 1.23 bits per heavy atom. The van der Waals surface area contributed by atoms with E-state index in [1.165, 1.54) is 42.3 Å². The zero-order valence-electron chi connectivity index (χ0n) is 15.9. The molecule has 1 aliphatic rings. The summed E-state index contributed by atoms with van der Waals surface area (Å²) in [4.78, 5) is 48.4. The first-order chi connectivity index (χ1) is 14.3. The number of Topliss-reactive ketones (excluding diaryl/α,β-unsaturated/α-hetero) is 1. The number of halogens is 1. The van der Waals surface area contributed by atoms with Gasteiger partial charge in [0.05, 0.1) is 29.7 Å². The summed E-state index contributed by atoms with van der Waals surface area (Å²) in [6.45, 7) is -0.549. The molecule has 1 amide bonds.